The summed E-state index contributed by atoms with van der Waals surface area (Å²) in [4.78, 5) is 25.2. The van der Waals surface area contributed by atoms with E-state index in [1.165, 1.54) is 0 Å². The molecule has 3 N–H and O–H groups in total. The standard InChI is InChI=1S/C18H30N6O/c1-17(2,3)21-8-6-15(25)24-11-18(12-24)10-23(4)9-13(18)14-5-7-20-16(19)22-14/h5,7,13,21H,6,8-12H2,1-4H3,(H2,19,20,22). The van der Waals surface area contributed by atoms with Crippen molar-refractivity contribution in [3.8, 4) is 0 Å². The molecule has 1 unspecified atom stereocenters. The number of aromatic nitrogens is 2. The van der Waals surface area contributed by atoms with Crippen molar-refractivity contribution >= 4 is 11.9 Å². The topological polar surface area (TPSA) is 87.4 Å². The van der Waals surface area contributed by atoms with Gasteiger partial charge in [-0.05, 0) is 33.9 Å². The lowest BCUT2D eigenvalue weighted by molar-refractivity contribution is -0.143. The Labute approximate surface area is 150 Å². The second-order valence-corrected chi connectivity index (χ2v) is 8.63. The largest absolute Gasteiger partial charge is 0.368 e. The van der Waals surface area contributed by atoms with Gasteiger partial charge in [-0.1, -0.05) is 0 Å². The van der Waals surface area contributed by atoms with Gasteiger partial charge in [-0.2, -0.15) is 0 Å². The number of nitrogens with two attached hydrogens (primary N) is 1. The average Bonchev–Trinajstić information content (AvgIpc) is 2.82. The quantitative estimate of drug-likeness (QED) is 0.834. The first-order valence-electron chi connectivity index (χ1n) is 8.98. The Bertz CT molecular complexity index is 635. The molecule has 7 nitrogen and oxygen atoms in total. The van der Waals surface area contributed by atoms with Gasteiger partial charge < -0.3 is 20.9 Å². The van der Waals surface area contributed by atoms with Gasteiger partial charge in [-0.15, -0.1) is 0 Å². The first-order valence-corrected chi connectivity index (χ1v) is 8.98. The summed E-state index contributed by atoms with van der Waals surface area (Å²) >= 11 is 0. The molecule has 2 fully saturated rings. The zero-order chi connectivity index (χ0) is 18.2. The van der Waals surface area contributed by atoms with Gasteiger partial charge in [0.1, 0.15) is 0 Å². The predicted octanol–water partition coefficient (Wildman–Crippen LogP) is 0.695. The Hall–Kier alpha value is -1.73. The number of hydrogen-bond acceptors (Lipinski definition) is 6. The van der Waals surface area contributed by atoms with Crippen molar-refractivity contribution in [2.24, 2.45) is 5.41 Å². The van der Waals surface area contributed by atoms with Crippen molar-refractivity contribution in [3.63, 3.8) is 0 Å². The highest BCUT2D eigenvalue weighted by Gasteiger charge is 2.55. The summed E-state index contributed by atoms with van der Waals surface area (Å²) < 4.78 is 0. The number of nitrogens with one attached hydrogen (secondary N) is 1. The number of anilines is 1. The minimum absolute atomic E-state index is 0.0443. The Balaban J connectivity index is 1.61. The van der Waals surface area contributed by atoms with Gasteiger partial charge in [0.25, 0.3) is 0 Å². The van der Waals surface area contributed by atoms with Crippen LogP contribution in [0.4, 0.5) is 5.95 Å². The van der Waals surface area contributed by atoms with Crippen molar-refractivity contribution in [1.82, 2.24) is 25.1 Å². The Kier molecular flexibility index (Phi) is 4.72. The fourth-order valence-corrected chi connectivity index (χ4v) is 4.12. The molecule has 138 valence electrons. The molecular weight excluding hydrogens is 316 g/mol. The number of nitrogens with zero attached hydrogens (tertiary/aromatic N) is 4. The lowest BCUT2D eigenvalue weighted by Gasteiger charge is -2.51. The summed E-state index contributed by atoms with van der Waals surface area (Å²) in [6.45, 7) is 10.6. The Morgan fingerprint density at radius 1 is 1.40 bits per heavy atom. The van der Waals surface area contributed by atoms with Crippen LogP contribution in [0.5, 0.6) is 0 Å². The number of carbonyl (C=O) groups is 1. The molecule has 1 spiro atoms. The highest BCUT2D eigenvalue weighted by atomic mass is 16.2. The molecule has 3 rings (SSSR count). The van der Waals surface area contributed by atoms with E-state index in [1.54, 1.807) is 6.20 Å². The number of likely N-dealkylation sites (tertiary alicyclic amines) is 2. The third kappa shape index (κ3) is 3.93. The molecule has 3 heterocycles. The molecule has 0 aromatic carbocycles. The molecule has 7 heteroatoms. The average molecular weight is 346 g/mol. The molecule has 0 radical (unpaired) electrons. The highest BCUT2D eigenvalue weighted by molar-refractivity contribution is 5.77. The minimum atomic E-state index is 0.0443. The summed E-state index contributed by atoms with van der Waals surface area (Å²) in [5.41, 5.74) is 6.91. The highest BCUT2D eigenvalue weighted by Crippen LogP contribution is 2.48. The normalized spacial score (nSPS) is 23.0. The van der Waals surface area contributed by atoms with Gasteiger partial charge in [-0.25, -0.2) is 9.97 Å². The van der Waals surface area contributed by atoms with E-state index in [0.29, 0.717) is 18.3 Å². The zero-order valence-corrected chi connectivity index (χ0v) is 15.7. The first kappa shape index (κ1) is 18.1. The molecule has 1 aromatic rings. The van der Waals surface area contributed by atoms with E-state index in [2.05, 4.69) is 48.0 Å². The van der Waals surface area contributed by atoms with Crippen LogP contribution in [0.1, 0.15) is 38.8 Å². The number of carbonyl (C=O) groups excluding carboxylic acids is 1. The Morgan fingerprint density at radius 3 is 2.76 bits per heavy atom. The van der Waals surface area contributed by atoms with E-state index in [9.17, 15) is 4.79 Å². The number of rotatable bonds is 4. The SMILES string of the molecule is CN1CC(c2ccnc(N)n2)C2(C1)CN(C(=O)CCNC(C)(C)C)C2. The summed E-state index contributed by atoms with van der Waals surface area (Å²) in [7, 11) is 2.13. The lowest BCUT2D eigenvalue weighted by atomic mass is 9.70. The van der Waals surface area contributed by atoms with Crippen LogP contribution in [0.25, 0.3) is 0 Å². The van der Waals surface area contributed by atoms with Crippen LogP contribution in [0.15, 0.2) is 12.3 Å². The van der Waals surface area contributed by atoms with Crippen molar-refractivity contribution in [3.05, 3.63) is 18.0 Å². The fraction of sp³-hybridized carbons (Fsp3) is 0.722. The van der Waals surface area contributed by atoms with Crippen LogP contribution in [-0.2, 0) is 4.79 Å². The van der Waals surface area contributed by atoms with Gasteiger partial charge in [0, 0.05) is 62.2 Å². The van der Waals surface area contributed by atoms with Crippen LogP contribution in [0.3, 0.4) is 0 Å². The summed E-state index contributed by atoms with van der Waals surface area (Å²) in [5, 5.41) is 3.38. The number of hydrogen-bond donors (Lipinski definition) is 2. The second kappa shape index (κ2) is 6.53. The van der Waals surface area contributed by atoms with Gasteiger partial charge in [0.05, 0.1) is 5.69 Å². The number of nitrogen functional groups attached to an aromatic ring is 1. The molecule has 0 bridgehead atoms. The van der Waals surface area contributed by atoms with Crippen LogP contribution >= 0.6 is 0 Å². The summed E-state index contributed by atoms with van der Waals surface area (Å²) in [6, 6.07) is 1.96. The van der Waals surface area contributed by atoms with Crippen LogP contribution in [0.2, 0.25) is 0 Å². The van der Waals surface area contributed by atoms with Crippen LogP contribution < -0.4 is 11.1 Å². The molecule has 1 amide bonds. The van der Waals surface area contributed by atoms with Crippen molar-refractivity contribution < 1.29 is 4.79 Å². The van der Waals surface area contributed by atoms with E-state index < -0.39 is 0 Å². The van der Waals surface area contributed by atoms with E-state index in [1.807, 2.05) is 11.0 Å². The second-order valence-electron chi connectivity index (χ2n) is 8.63. The molecule has 0 aliphatic carbocycles. The molecular formula is C18H30N6O. The molecule has 0 saturated carbocycles. The van der Waals surface area contributed by atoms with Crippen molar-refractivity contribution in [2.45, 2.75) is 38.6 Å². The maximum atomic E-state index is 12.5. The van der Waals surface area contributed by atoms with Gasteiger partial charge >= 0.3 is 0 Å². The van der Waals surface area contributed by atoms with E-state index >= 15 is 0 Å². The van der Waals surface area contributed by atoms with E-state index in [-0.39, 0.29) is 16.9 Å². The third-order valence-electron chi connectivity index (χ3n) is 5.23. The van der Waals surface area contributed by atoms with E-state index in [0.717, 1.165) is 38.4 Å². The number of likely N-dealkylation sites (N-methyl/N-ethyl adjacent to an activating group) is 1. The Morgan fingerprint density at radius 2 is 2.12 bits per heavy atom. The predicted molar refractivity (Wildman–Crippen MR) is 98.1 cm³/mol. The zero-order valence-electron chi connectivity index (χ0n) is 15.7. The monoisotopic (exact) mass is 346 g/mol. The van der Waals surface area contributed by atoms with E-state index in [4.69, 9.17) is 5.73 Å². The van der Waals surface area contributed by atoms with Gasteiger partial charge in [0.2, 0.25) is 11.9 Å². The maximum absolute atomic E-state index is 12.5. The number of amides is 1. The van der Waals surface area contributed by atoms with Gasteiger partial charge in [-0.3, -0.25) is 4.79 Å². The van der Waals surface area contributed by atoms with Crippen LogP contribution in [0, 0.1) is 5.41 Å². The van der Waals surface area contributed by atoms with Crippen molar-refractivity contribution in [2.75, 3.05) is 45.5 Å². The molecule has 2 saturated heterocycles. The maximum Gasteiger partial charge on any atom is 0.223 e. The minimum Gasteiger partial charge on any atom is -0.368 e. The smallest absolute Gasteiger partial charge is 0.223 e. The first-order chi connectivity index (χ1) is 11.7. The summed E-state index contributed by atoms with van der Waals surface area (Å²) in [6.07, 6.45) is 2.28. The third-order valence-corrected chi connectivity index (χ3v) is 5.23. The lowest BCUT2D eigenvalue weighted by Crippen LogP contribution is -2.61. The fourth-order valence-electron chi connectivity index (χ4n) is 4.12. The van der Waals surface area contributed by atoms with Crippen LogP contribution in [-0.4, -0.2) is 71.0 Å². The molecule has 2 aliphatic rings. The molecule has 2 aliphatic heterocycles. The van der Waals surface area contributed by atoms with Crippen molar-refractivity contribution in [1.29, 1.82) is 0 Å². The summed E-state index contributed by atoms with van der Waals surface area (Å²) in [5.74, 6) is 0.861. The molecule has 25 heavy (non-hydrogen) atoms. The molecule has 1 atom stereocenters. The van der Waals surface area contributed by atoms with Gasteiger partial charge in [0.15, 0.2) is 0 Å². The molecule has 1 aromatic heterocycles.